The van der Waals surface area contributed by atoms with Crippen LogP contribution in [0.1, 0.15) is 16.8 Å². The molecule has 0 atom stereocenters. The van der Waals surface area contributed by atoms with Crippen LogP contribution in [-0.2, 0) is 6.42 Å². The normalized spacial score (nSPS) is 10.9. The van der Waals surface area contributed by atoms with Gasteiger partial charge in [0.25, 0.3) is 0 Å². The first-order valence-electron chi connectivity index (χ1n) is 5.94. The largest absolute Gasteiger partial charge is 0.504 e. The fourth-order valence-corrected chi connectivity index (χ4v) is 2.14. The van der Waals surface area contributed by atoms with Crippen LogP contribution >= 0.6 is 0 Å². The Bertz CT molecular complexity index is 701. The molecule has 0 aliphatic heterocycles. The van der Waals surface area contributed by atoms with Crippen molar-refractivity contribution in [2.75, 3.05) is 0 Å². The summed E-state index contributed by atoms with van der Waals surface area (Å²) in [7, 11) is 0. The zero-order valence-corrected chi connectivity index (χ0v) is 10.2. The minimum absolute atomic E-state index is 0.216. The molecule has 0 aliphatic carbocycles. The van der Waals surface area contributed by atoms with E-state index in [2.05, 4.69) is 24.0 Å². The molecule has 0 radical (unpaired) electrons. The molecule has 1 aromatic carbocycles. The zero-order chi connectivity index (χ0) is 12.5. The molecule has 0 saturated heterocycles. The van der Waals surface area contributed by atoms with Gasteiger partial charge in [-0.1, -0.05) is 24.3 Å². The van der Waals surface area contributed by atoms with E-state index in [0.717, 1.165) is 12.1 Å². The van der Waals surface area contributed by atoms with Crippen LogP contribution in [0, 0.1) is 6.92 Å². The summed E-state index contributed by atoms with van der Waals surface area (Å²) in [6, 6.07) is 11.7. The molecule has 0 amide bonds. The first-order valence-corrected chi connectivity index (χ1v) is 5.94. The number of fused-ring (bicyclic) bond motifs is 1. The standard InChI is InChI=1S/C15H14N2O/c1-11-5-2-3-6-12(11)9-13-10-17-8-4-7-14(18)15(17)16-13/h2-8,10,18H,9H2,1H3. The van der Waals surface area contributed by atoms with Gasteiger partial charge in [-0.3, -0.25) is 0 Å². The van der Waals surface area contributed by atoms with Gasteiger partial charge in [0.1, 0.15) is 0 Å². The van der Waals surface area contributed by atoms with Crippen LogP contribution in [0.2, 0.25) is 0 Å². The molecule has 0 unspecified atom stereocenters. The number of aromatic hydroxyl groups is 1. The van der Waals surface area contributed by atoms with E-state index in [0.29, 0.717) is 5.65 Å². The third-order valence-corrected chi connectivity index (χ3v) is 3.14. The van der Waals surface area contributed by atoms with Crippen LogP contribution in [0.25, 0.3) is 5.65 Å². The molecule has 18 heavy (non-hydrogen) atoms. The zero-order valence-electron chi connectivity index (χ0n) is 10.2. The average Bonchev–Trinajstić information content (AvgIpc) is 2.76. The monoisotopic (exact) mass is 238 g/mol. The number of rotatable bonds is 2. The van der Waals surface area contributed by atoms with Gasteiger partial charge in [0.15, 0.2) is 11.4 Å². The first kappa shape index (κ1) is 10.8. The van der Waals surface area contributed by atoms with Crippen LogP contribution in [0.3, 0.4) is 0 Å². The van der Waals surface area contributed by atoms with E-state index in [9.17, 15) is 5.11 Å². The van der Waals surface area contributed by atoms with Crippen molar-refractivity contribution in [3.63, 3.8) is 0 Å². The number of imidazole rings is 1. The van der Waals surface area contributed by atoms with Crippen LogP contribution in [-0.4, -0.2) is 14.5 Å². The Labute approximate surface area is 105 Å². The van der Waals surface area contributed by atoms with Gasteiger partial charge in [0.2, 0.25) is 0 Å². The summed E-state index contributed by atoms with van der Waals surface area (Å²) in [5.41, 5.74) is 4.10. The summed E-state index contributed by atoms with van der Waals surface area (Å²) in [4.78, 5) is 4.46. The van der Waals surface area contributed by atoms with E-state index in [-0.39, 0.29) is 5.75 Å². The molecule has 0 fully saturated rings. The molecule has 2 aromatic heterocycles. The number of benzene rings is 1. The molecular weight excluding hydrogens is 224 g/mol. The van der Waals surface area contributed by atoms with Gasteiger partial charge in [0, 0.05) is 18.8 Å². The van der Waals surface area contributed by atoms with Crippen molar-refractivity contribution in [2.24, 2.45) is 0 Å². The Morgan fingerprint density at radius 1 is 1.17 bits per heavy atom. The Kier molecular flexibility index (Phi) is 2.52. The number of pyridine rings is 1. The van der Waals surface area contributed by atoms with Gasteiger partial charge < -0.3 is 9.51 Å². The summed E-state index contributed by atoms with van der Waals surface area (Å²) in [5.74, 6) is 0.216. The highest BCUT2D eigenvalue weighted by Crippen LogP contribution is 2.19. The molecule has 2 heterocycles. The smallest absolute Gasteiger partial charge is 0.179 e. The van der Waals surface area contributed by atoms with Crippen molar-refractivity contribution in [2.45, 2.75) is 13.3 Å². The van der Waals surface area contributed by atoms with E-state index in [1.54, 1.807) is 6.07 Å². The van der Waals surface area contributed by atoms with Crippen molar-refractivity contribution < 1.29 is 5.11 Å². The maximum absolute atomic E-state index is 9.72. The highest BCUT2D eigenvalue weighted by molar-refractivity contribution is 5.53. The molecule has 0 bridgehead atoms. The van der Waals surface area contributed by atoms with Crippen LogP contribution in [0.15, 0.2) is 48.8 Å². The van der Waals surface area contributed by atoms with E-state index in [1.807, 2.05) is 35.0 Å². The third-order valence-electron chi connectivity index (χ3n) is 3.14. The quantitative estimate of drug-likeness (QED) is 0.745. The fraction of sp³-hybridized carbons (Fsp3) is 0.133. The van der Waals surface area contributed by atoms with E-state index < -0.39 is 0 Å². The summed E-state index contributed by atoms with van der Waals surface area (Å²) in [5, 5.41) is 9.72. The molecule has 0 aliphatic rings. The number of aryl methyl sites for hydroxylation is 1. The number of hydrogen-bond donors (Lipinski definition) is 1. The highest BCUT2D eigenvalue weighted by atomic mass is 16.3. The van der Waals surface area contributed by atoms with E-state index in [4.69, 9.17) is 0 Å². The van der Waals surface area contributed by atoms with Gasteiger partial charge in [-0.25, -0.2) is 4.98 Å². The van der Waals surface area contributed by atoms with Crippen molar-refractivity contribution in [3.8, 4) is 5.75 Å². The molecule has 0 saturated carbocycles. The van der Waals surface area contributed by atoms with Crippen molar-refractivity contribution in [3.05, 3.63) is 65.6 Å². The Morgan fingerprint density at radius 3 is 2.78 bits per heavy atom. The second-order valence-corrected chi connectivity index (χ2v) is 4.46. The maximum Gasteiger partial charge on any atom is 0.179 e. The molecule has 3 rings (SSSR count). The Morgan fingerprint density at radius 2 is 2.00 bits per heavy atom. The highest BCUT2D eigenvalue weighted by Gasteiger charge is 2.06. The molecule has 3 aromatic rings. The SMILES string of the molecule is Cc1ccccc1Cc1cn2cccc(O)c2n1. The second kappa shape index (κ2) is 4.18. The summed E-state index contributed by atoms with van der Waals surface area (Å²) >= 11 is 0. The predicted molar refractivity (Wildman–Crippen MR) is 70.8 cm³/mol. The molecule has 0 spiro atoms. The number of aromatic nitrogens is 2. The predicted octanol–water partition coefficient (Wildman–Crippen LogP) is 2.94. The van der Waals surface area contributed by atoms with Crippen molar-refractivity contribution in [1.29, 1.82) is 0 Å². The lowest BCUT2D eigenvalue weighted by Crippen LogP contribution is -1.91. The van der Waals surface area contributed by atoms with Gasteiger partial charge in [-0.05, 0) is 30.2 Å². The van der Waals surface area contributed by atoms with Gasteiger partial charge in [0.05, 0.1) is 5.69 Å². The van der Waals surface area contributed by atoms with Crippen LogP contribution in [0.5, 0.6) is 5.75 Å². The first-order chi connectivity index (χ1) is 8.74. The Hall–Kier alpha value is -2.29. The number of nitrogens with zero attached hydrogens (tertiary/aromatic N) is 2. The Balaban J connectivity index is 2.01. The molecule has 3 heteroatoms. The summed E-state index contributed by atoms with van der Waals surface area (Å²) in [6.07, 6.45) is 4.64. The second-order valence-electron chi connectivity index (χ2n) is 4.46. The van der Waals surface area contributed by atoms with Crippen molar-refractivity contribution in [1.82, 2.24) is 9.38 Å². The van der Waals surface area contributed by atoms with Gasteiger partial charge in [-0.2, -0.15) is 0 Å². The third kappa shape index (κ3) is 1.84. The lowest BCUT2D eigenvalue weighted by atomic mass is 10.0. The lowest BCUT2D eigenvalue weighted by Gasteiger charge is -2.01. The topological polar surface area (TPSA) is 37.5 Å². The van der Waals surface area contributed by atoms with E-state index in [1.165, 1.54) is 11.1 Å². The van der Waals surface area contributed by atoms with Gasteiger partial charge >= 0.3 is 0 Å². The van der Waals surface area contributed by atoms with Crippen molar-refractivity contribution >= 4 is 5.65 Å². The molecule has 3 nitrogen and oxygen atoms in total. The fourth-order valence-electron chi connectivity index (χ4n) is 2.14. The minimum atomic E-state index is 0.216. The van der Waals surface area contributed by atoms with Crippen LogP contribution < -0.4 is 0 Å². The average molecular weight is 238 g/mol. The minimum Gasteiger partial charge on any atom is -0.504 e. The lowest BCUT2D eigenvalue weighted by molar-refractivity contribution is 0.477. The molecule has 90 valence electrons. The molecular formula is C15H14N2O. The van der Waals surface area contributed by atoms with Crippen LogP contribution in [0.4, 0.5) is 0 Å². The summed E-state index contributed by atoms with van der Waals surface area (Å²) in [6.45, 7) is 2.10. The van der Waals surface area contributed by atoms with Gasteiger partial charge in [-0.15, -0.1) is 0 Å². The number of hydrogen-bond acceptors (Lipinski definition) is 2. The van der Waals surface area contributed by atoms with E-state index >= 15 is 0 Å². The summed E-state index contributed by atoms with van der Waals surface area (Å²) < 4.78 is 1.85. The molecule has 1 N–H and O–H groups in total. The maximum atomic E-state index is 9.72.